The minimum atomic E-state index is 1.24. The highest BCUT2D eigenvalue weighted by Crippen LogP contribution is 2.21. The van der Waals surface area contributed by atoms with Crippen molar-refractivity contribution in [3.05, 3.63) is 59.9 Å². The molecule has 2 heteroatoms. The lowest BCUT2D eigenvalue weighted by atomic mass is 10.2. The van der Waals surface area contributed by atoms with Crippen LogP contribution in [0.15, 0.2) is 48.5 Å². The predicted molar refractivity (Wildman–Crippen MR) is 73.9 cm³/mol. The van der Waals surface area contributed by atoms with Gasteiger partial charge in [0.2, 0.25) is 0 Å². The Labute approximate surface area is 107 Å². The van der Waals surface area contributed by atoms with Crippen molar-refractivity contribution in [2.24, 2.45) is 7.05 Å². The van der Waals surface area contributed by atoms with Crippen LogP contribution in [0.4, 0.5) is 0 Å². The number of imidazole rings is 1. The van der Waals surface area contributed by atoms with Crippen LogP contribution in [-0.4, -0.2) is 4.57 Å². The molecule has 0 aliphatic rings. The second kappa shape index (κ2) is 3.98. The number of fused-ring (bicyclic) bond motifs is 1. The summed E-state index contributed by atoms with van der Waals surface area (Å²) >= 11 is 0. The first-order valence-electron chi connectivity index (χ1n) is 6.22. The molecule has 0 unspecified atom stereocenters. The summed E-state index contributed by atoms with van der Waals surface area (Å²) in [5, 5.41) is 0. The van der Waals surface area contributed by atoms with Crippen LogP contribution in [0.3, 0.4) is 0 Å². The largest absolute Gasteiger partial charge is 0.259 e. The summed E-state index contributed by atoms with van der Waals surface area (Å²) in [6.07, 6.45) is 0. The first-order chi connectivity index (χ1) is 8.70. The summed E-state index contributed by atoms with van der Waals surface area (Å²) in [7, 11) is 2.12. The molecule has 0 radical (unpaired) electrons. The molecular weight excluding hydrogens is 220 g/mol. The Morgan fingerprint density at radius 1 is 0.889 bits per heavy atom. The van der Waals surface area contributed by atoms with Gasteiger partial charge in [0, 0.05) is 6.92 Å². The maximum Gasteiger partial charge on any atom is 0.259 e. The molecule has 1 heterocycles. The third-order valence-corrected chi connectivity index (χ3v) is 3.65. The minimum absolute atomic E-state index is 1.24. The zero-order valence-corrected chi connectivity index (χ0v) is 11.0. The molecule has 0 aliphatic carbocycles. The molecule has 0 fully saturated rings. The summed E-state index contributed by atoms with van der Waals surface area (Å²) in [6.45, 7) is 4.32. The minimum Gasteiger partial charge on any atom is -0.230 e. The SMILES string of the molecule is Cc1ccccc1-n1c(C)[n+](C)c2ccccc21. The van der Waals surface area contributed by atoms with Crippen molar-refractivity contribution in [2.45, 2.75) is 13.8 Å². The van der Waals surface area contributed by atoms with E-state index in [1.54, 1.807) is 0 Å². The zero-order chi connectivity index (χ0) is 12.7. The van der Waals surface area contributed by atoms with Crippen LogP contribution in [0.5, 0.6) is 0 Å². The number of hydrogen-bond acceptors (Lipinski definition) is 0. The van der Waals surface area contributed by atoms with Crippen LogP contribution in [0.1, 0.15) is 11.4 Å². The molecule has 18 heavy (non-hydrogen) atoms. The van der Waals surface area contributed by atoms with Gasteiger partial charge in [-0.05, 0) is 30.7 Å². The number of aromatic nitrogens is 2. The van der Waals surface area contributed by atoms with E-state index in [1.165, 1.54) is 28.1 Å². The first-order valence-corrected chi connectivity index (χ1v) is 6.22. The van der Waals surface area contributed by atoms with Crippen molar-refractivity contribution >= 4 is 11.0 Å². The molecule has 0 amide bonds. The van der Waals surface area contributed by atoms with Crippen molar-refractivity contribution in [2.75, 3.05) is 0 Å². The number of benzene rings is 2. The zero-order valence-electron chi connectivity index (χ0n) is 11.0. The second-order valence-corrected chi connectivity index (χ2v) is 4.72. The molecule has 3 aromatic rings. The summed E-state index contributed by atoms with van der Waals surface area (Å²) < 4.78 is 4.56. The Bertz CT molecular complexity index is 723. The van der Waals surface area contributed by atoms with E-state index < -0.39 is 0 Å². The number of nitrogens with zero attached hydrogens (tertiary/aromatic N) is 2. The van der Waals surface area contributed by atoms with Gasteiger partial charge in [0.05, 0.1) is 7.05 Å². The Morgan fingerprint density at radius 2 is 1.56 bits per heavy atom. The number of para-hydroxylation sites is 3. The Kier molecular flexibility index (Phi) is 2.44. The van der Waals surface area contributed by atoms with E-state index in [1.807, 2.05) is 0 Å². The van der Waals surface area contributed by atoms with E-state index in [4.69, 9.17) is 0 Å². The lowest BCUT2D eigenvalue weighted by Gasteiger charge is -2.03. The normalized spacial score (nSPS) is 11.1. The van der Waals surface area contributed by atoms with Gasteiger partial charge < -0.3 is 0 Å². The van der Waals surface area contributed by atoms with E-state index in [0.29, 0.717) is 0 Å². The summed E-state index contributed by atoms with van der Waals surface area (Å²) in [5.74, 6) is 1.24. The van der Waals surface area contributed by atoms with Crippen molar-refractivity contribution in [1.29, 1.82) is 0 Å². The molecule has 0 saturated carbocycles. The van der Waals surface area contributed by atoms with Crippen LogP contribution < -0.4 is 4.57 Å². The fourth-order valence-electron chi connectivity index (χ4n) is 2.55. The molecule has 0 spiro atoms. The molecule has 0 atom stereocenters. The molecule has 1 aromatic heterocycles. The molecule has 0 saturated heterocycles. The molecular formula is C16H17N2+. The van der Waals surface area contributed by atoms with Crippen molar-refractivity contribution in [1.82, 2.24) is 4.57 Å². The van der Waals surface area contributed by atoms with Gasteiger partial charge in [-0.2, -0.15) is 4.57 Å². The highest BCUT2D eigenvalue weighted by molar-refractivity contribution is 5.75. The number of aryl methyl sites for hydroxylation is 2. The highest BCUT2D eigenvalue weighted by Gasteiger charge is 2.20. The Hall–Kier alpha value is -2.09. The van der Waals surface area contributed by atoms with E-state index in [9.17, 15) is 0 Å². The quantitative estimate of drug-likeness (QED) is 0.575. The summed E-state index contributed by atoms with van der Waals surface area (Å²) in [5.41, 5.74) is 5.07. The summed E-state index contributed by atoms with van der Waals surface area (Å²) in [4.78, 5) is 0. The van der Waals surface area contributed by atoms with Gasteiger partial charge in [-0.3, -0.25) is 0 Å². The maximum atomic E-state index is 2.32. The number of hydrogen-bond donors (Lipinski definition) is 0. The van der Waals surface area contributed by atoms with Crippen molar-refractivity contribution < 1.29 is 4.57 Å². The van der Waals surface area contributed by atoms with Gasteiger partial charge in [0.25, 0.3) is 5.82 Å². The van der Waals surface area contributed by atoms with Gasteiger partial charge in [0.15, 0.2) is 11.0 Å². The molecule has 2 aromatic carbocycles. The van der Waals surface area contributed by atoms with Gasteiger partial charge in [-0.15, -0.1) is 0 Å². The monoisotopic (exact) mass is 237 g/mol. The van der Waals surface area contributed by atoms with Crippen molar-refractivity contribution in [3.8, 4) is 5.69 Å². The molecule has 0 aliphatic heterocycles. The summed E-state index contributed by atoms with van der Waals surface area (Å²) in [6, 6.07) is 17.0. The van der Waals surface area contributed by atoms with Crippen LogP contribution in [0, 0.1) is 13.8 Å². The standard InChI is InChI=1S/C16H17N2/c1-12-8-4-5-9-14(12)18-13(2)17(3)15-10-6-7-11-16(15)18/h4-11H,1-3H3/q+1. The van der Waals surface area contributed by atoms with Crippen LogP contribution in [0.25, 0.3) is 16.7 Å². The molecule has 0 N–H and O–H groups in total. The molecule has 3 rings (SSSR count). The highest BCUT2D eigenvalue weighted by atomic mass is 15.2. The van der Waals surface area contributed by atoms with Crippen LogP contribution >= 0.6 is 0 Å². The van der Waals surface area contributed by atoms with E-state index >= 15 is 0 Å². The third kappa shape index (κ3) is 1.46. The van der Waals surface area contributed by atoms with Crippen LogP contribution in [0.2, 0.25) is 0 Å². The first kappa shape index (κ1) is 11.0. The van der Waals surface area contributed by atoms with E-state index in [2.05, 4.69) is 78.6 Å². The van der Waals surface area contributed by atoms with Crippen molar-refractivity contribution in [3.63, 3.8) is 0 Å². The lowest BCUT2D eigenvalue weighted by molar-refractivity contribution is -0.652. The fourth-order valence-corrected chi connectivity index (χ4v) is 2.55. The lowest BCUT2D eigenvalue weighted by Crippen LogP contribution is -2.30. The fraction of sp³-hybridized carbons (Fsp3) is 0.188. The maximum absolute atomic E-state index is 2.32. The van der Waals surface area contributed by atoms with Gasteiger partial charge in [0.1, 0.15) is 5.69 Å². The average molecular weight is 237 g/mol. The predicted octanol–water partition coefficient (Wildman–Crippen LogP) is 3.07. The van der Waals surface area contributed by atoms with E-state index in [-0.39, 0.29) is 0 Å². The Morgan fingerprint density at radius 3 is 2.33 bits per heavy atom. The second-order valence-electron chi connectivity index (χ2n) is 4.72. The molecule has 0 bridgehead atoms. The topological polar surface area (TPSA) is 8.81 Å². The molecule has 2 nitrogen and oxygen atoms in total. The van der Waals surface area contributed by atoms with E-state index in [0.717, 1.165) is 0 Å². The third-order valence-electron chi connectivity index (χ3n) is 3.65. The van der Waals surface area contributed by atoms with Gasteiger partial charge in [-0.1, -0.05) is 30.3 Å². The smallest absolute Gasteiger partial charge is 0.230 e. The Balaban J connectivity index is 2.43. The van der Waals surface area contributed by atoms with Gasteiger partial charge in [-0.25, -0.2) is 4.57 Å². The average Bonchev–Trinajstić information content (AvgIpc) is 2.64. The van der Waals surface area contributed by atoms with Crippen LogP contribution in [-0.2, 0) is 7.05 Å². The number of rotatable bonds is 1. The molecule has 90 valence electrons. The van der Waals surface area contributed by atoms with Gasteiger partial charge >= 0.3 is 0 Å².